The van der Waals surface area contributed by atoms with Gasteiger partial charge >= 0.3 is 5.97 Å². The molecule has 3 nitrogen and oxygen atoms in total. The lowest BCUT2D eigenvalue weighted by Crippen LogP contribution is -1.97. The van der Waals surface area contributed by atoms with Crippen LogP contribution >= 0.6 is 12.4 Å². The third-order valence-electron chi connectivity index (χ3n) is 2.35. The van der Waals surface area contributed by atoms with E-state index in [0.29, 0.717) is 12.4 Å². The molecule has 1 N–H and O–H groups in total. The highest BCUT2D eigenvalue weighted by molar-refractivity contribution is 5.87. The van der Waals surface area contributed by atoms with Gasteiger partial charge in [-0.1, -0.05) is 30.3 Å². The number of carboxylic acid groups (broad SMARTS) is 1. The molecule has 2 aromatic rings. The number of hydrogen-bond acceptors (Lipinski definition) is 2. The van der Waals surface area contributed by atoms with E-state index in [2.05, 4.69) is 0 Å². The highest BCUT2D eigenvalue weighted by atomic mass is 35.5. The molecule has 0 saturated carbocycles. The van der Waals surface area contributed by atoms with Gasteiger partial charge in [-0.2, -0.15) is 0 Å². The first-order valence-electron chi connectivity index (χ1n) is 5.26. The summed E-state index contributed by atoms with van der Waals surface area (Å²) in [4.78, 5) is 10.7. The van der Waals surface area contributed by atoms with Gasteiger partial charge in [-0.3, -0.25) is 0 Å². The minimum Gasteiger partial charge on any atom is -0.489 e. The molecule has 0 radical (unpaired) electrons. The van der Waals surface area contributed by atoms with Crippen molar-refractivity contribution in [2.75, 3.05) is 0 Å². The third kappa shape index (κ3) is 3.79. The molecule has 2 rings (SSSR count). The molecule has 0 saturated heterocycles. The van der Waals surface area contributed by atoms with Crippen molar-refractivity contribution in [2.24, 2.45) is 0 Å². The van der Waals surface area contributed by atoms with Gasteiger partial charge in [0, 0.05) is 0 Å². The number of rotatable bonds is 4. The molecule has 0 unspecified atom stereocenters. The van der Waals surface area contributed by atoms with Gasteiger partial charge in [-0.15, -0.1) is 12.4 Å². The van der Waals surface area contributed by atoms with Crippen molar-refractivity contribution in [3.8, 4) is 5.75 Å². The molecule has 2 aromatic carbocycles. The van der Waals surface area contributed by atoms with Crippen molar-refractivity contribution in [3.63, 3.8) is 0 Å². The van der Waals surface area contributed by atoms with Crippen LogP contribution in [-0.2, 0) is 6.61 Å². The predicted octanol–water partition coefficient (Wildman–Crippen LogP) is 3.39. The molecular formula is C14H13ClO3. The largest absolute Gasteiger partial charge is 0.489 e. The van der Waals surface area contributed by atoms with Gasteiger partial charge in [0.1, 0.15) is 12.4 Å². The standard InChI is InChI=1S/C14H12O3.ClH/c15-14(16)12-6-8-13(9-7-12)17-10-11-4-2-1-3-5-11;/h1-9H,10H2,(H,15,16);1H. The van der Waals surface area contributed by atoms with Gasteiger partial charge in [0.2, 0.25) is 0 Å². The van der Waals surface area contributed by atoms with Crippen molar-refractivity contribution in [2.45, 2.75) is 6.61 Å². The second-order valence-corrected chi connectivity index (χ2v) is 3.60. The van der Waals surface area contributed by atoms with Gasteiger partial charge in [-0.05, 0) is 29.8 Å². The zero-order valence-corrected chi connectivity index (χ0v) is 10.4. The van der Waals surface area contributed by atoms with E-state index in [4.69, 9.17) is 9.84 Å². The summed E-state index contributed by atoms with van der Waals surface area (Å²) in [6, 6.07) is 16.2. The highest BCUT2D eigenvalue weighted by Crippen LogP contribution is 2.14. The summed E-state index contributed by atoms with van der Waals surface area (Å²) in [6.07, 6.45) is 0. The van der Waals surface area contributed by atoms with Crippen molar-refractivity contribution in [1.82, 2.24) is 0 Å². The molecule has 0 fully saturated rings. The predicted molar refractivity (Wildman–Crippen MR) is 71.4 cm³/mol. The Bertz CT molecular complexity index is 494. The van der Waals surface area contributed by atoms with E-state index >= 15 is 0 Å². The second kappa shape index (κ2) is 6.67. The molecular weight excluding hydrogens is 252 g/mol. The van der Waals surface area contributed by atoms with E-state index in [0.717, 1.165) is 5.56 Å². The van der Waals surface area contributed by atoms with E-state index in [-0.39, 0.29) is 18.0 Å². The van der Waals surface area contributed by atoms with Gasteiger partial charge in [0.15, 0.2) is 0 Å². The lowest BCUT2D eigenvalue weighted by molar-refractivity contribution is 0.0697. The first-order valence-corrected chi connectivity index (χ1v) is 5.26. The van der Waals surface area contributed by atoms with Crippen LogP contribution in [0.25, 0.3) is 0 Å². The normalized spacial score (nSPS) is 9.33. The zero-order valence-electron chi connectivity index (χ0n) is 9.58. The number of carbonyl (C=O) groups is 1. The molecule has 0 aliphatic heterocycles. The average molecular weight is 265 g/mol. The molecule has 0 aliphatic carbocycles. The van der Waals surface area contributed by atoms with Crippen molar-refractivity contribution >= 4 is 18.4 Å². The minimum atomic E-state index is -0.931. The Hall–Kier alpha value is -2.00. The number of hydrogen-bond donors (Lipinski definition) is 1. The quantitative estimate of drug-likeness (QED) is 0.921. The SMILES string of the molecule is Cl.O=C(O)c1ccc(OCc2ccccc2)cc1. The molecule has 0 amide bonds. The van der Waals surface area contributed by atoms with Crippen LogP contribution in [0.3, 0.4) is 0 Å². The van der Waals surface area contributed by atoms with E-state index in [1.165, 1.54) is 12.1 Å². The zero-order chi connectivity index (χ0) is 12.1. The minimum absolute atomic E-state index is 0. The topological polar surface area (TPSA) is 46.5 Å². The Kier molecular flexibility index (Phi) is 5.21. The van der Waals surface area contributed by atoms with Crippen molar-refractivity contribution in [1.29, 1.82) is 0 Å². The maximum Gasteiger partial charge on any atom is 0.335 e. The molecule has 0 aliphatic rings. The lowest BCUT2D eigenvalue weighted by Gasteiger charge is -2.06. The number of benzene rings is 2. The van der Waals surface area contributed by atoms with Crippen LogP contribution < -0.4 is 4.74 Å². The molecule has 0 spiro atoms. The van der Waals surface area contributed by atoms with Gasteiger partial charge in [0.05, 0.1) is 5.56 Å². The Morgan fingerprint density at radius 3 is 2.17 bits per heavy atom. The molecule has 94 valence electrons. The molecule has 0 aromatic heterocycles. The Labute approximate surface area is 111 Å². The average Bonchev–Trinajstić information content (AvgIpc) is 2.38. The summed E-state index contributed by atoms with van der Waals surface area (Å²) in [6.45, 7) is 0.479. The van der Waals surface area contributed by atoms with Crippen LogP contribution in [0, 0.1) is 0 Å². The second-order valence-electron chi connectivity index (χ2n) is 3.60. The summed E-state index contributed by atoms with van der Waals surface area (Å²) in [5.41, 5.74) is 1.34. The van der Waals surface area contributed by atoms with Crippen LogP contribution in [0.5, 0.6) is 5.75 Å². The summed E-state index contributed by atoms with van der Waals surface area (Å²) in [5.74, 6) is -0.265. The van der Waals surface area contributed by atoms with E-state index < -0.39 is 5.97 Å². The lowest BCUT2D eigenvalue weighted by atomic mass is 10.2. The van der Waals surface area contributed by atoms with Gasteiger partial charge in [-0.25, -0.2) is 4.79 Å². The maximum atomic E-state index is 10.7. The molecule has 18 heavy (non-hydrogen) atoms. The van der Waals surface area contributed by atoms with Crippen LogP contribution in [0.1, 0.15) is 15.9 Å². The number of aromatic carboxylic acids is 1. The summed E-state index contributed by atoms with van der Waals surface area (Å²) in [7, 11) is 0. The first-order chi connectivity index (χ1) is 8.25. The first kappa shape index (κ1) is 14.1. The Balaban J connectivity index is 0.00000162. The Morgan fingerprint density at radius 1 is 1.00 bits per heavy atom. The monoisotopic (exact) mass is 264 g/mol. The molecule has 0 bridgehead atoms. The van der Waals surface area contributed by atoms with Gasteiger partial charge in [0.25, 0.3) is 0 Å². The molecule has 0 heterocycles. The summed E-state index contributed by atoms with van der Waals surface area (Å²) < 4.78 is 5.53. The van der Waals surface area contributed by atoms with Crippen LogP contribution in [0.15, 0.2) is 54.6 Å². The number of halogens is 1. The fourth-order valence-corrected chi connectivity index (χ4v) is 1.43. The number of ether oxygens (including phenoxy) is 1. The van der Waals surface area contributed by atoms with E-state index in [1.54, 1.807) is 12.1 Å². The summed E-state index contributed by atoms with van der Waals surface area (Å²) >= 11 is 0. The number of carboxylic acids is 1. The fraction of sp³-hybridized carbons (Fsp3) is 0.0714. The van der Waals surface area contributed by atoms with Crippen molar-refractivity contribution < 1.29 is 14.6 Å². The Morgan fingerprint density at radius 2 is 1.61 bits per heavy atom. The molecule has 0 atom stereocenters. The third-order valence-corrected chi connectivity index (χ3v) is 2.35. The van der Waals surface area contributed by atoms with Crippen LogP contribution in [0.4, 0.5) is 0 Å². The van der Waals surface area contributed by atoms with E-state index in [9.17, 15) is 4.79 Å². The smallest absolute Gasteiger partial charge is 0.335 e. The fourth-order valence-electron chi connectivity index (χ4n) is 1.43. The molecule has 4 heteroatoms. The highest BCUT2D eigenvalue weighted by Gasteiger charge is 2.02. The van der Waals surface area contributed by atoms with Crippen LogP contribution in [-0.4, -0.2) is 11.1 Å². The maximum absolute atomic E-state index is 10.7. The van der Waals surface area contributed by atoms with Crippen LogP contribution in [0.2, 0.25) is 0 Å². The summed E-state index contributed by atoms with van der Waals surface area (Å²) in [5, 5.41) is 8.74. The van der Waals surface area contributed by atoms with E-state index in [1.807, 2.05) is 30.3 Å². The van der Waals surface area contributed by atoms with Gasteiger partial charge < -0.3 is 9.84 Å². The van der Waals surface area contributed by atoms with Crippen molar-refractivity contribution in [3.05, 3.63) is 65.7 Å².